The lowest BCUT2D eigenvalue weighted by Crippen LogP contribution is -2.11. The first kappa shape index (κ1) is 37.1. The monoisotopic (exact) mass is 713 g/mol. The highest BCUT2D eigenvalue weighted by Crippen LogP contribution is 2.43. The molecular formula is C50H55N3O. The van der Waals surface area contributed by atoms with E-state index in [0.717, 1.165) is 72.3 Å². The Balaban J connectivity index is 1.54. The van der Waals surface area contributed by atoms with Gasteiger partial charge in [-0.3, -0.25) is 4.98 Å². The second-order valence-electron chi connectivity index (χ2n) is 18.5. The molecule has 276 valence electrons. The summed E-state index contributed by atoms with van der Waals surface area (Å²) in [6.07, 6.45) is 1.89. The largest absolute Gasteiger partial charge is 0.507 e. The molecule has 0 saturated carbocycles. The summed E-state index contributed by atoms with van der Waals surface area (Å²) in [6, 6.07) is 35.3. The molecule has 5 aromatic carbocycles. The molecule has 4 heteroatoms. The topological polar surface area (TPSA) is 50.9 Å². The van der Waals surface area contributed by atoms with Crippen molar-refractivity contribution in [1.29, 1.82) is 0 Å². The van der Waals surface area contributed by atoms with Crippen molar-refractivity contribution in [3.63, 3.8) is 0 Å². The van der Waals surface area contributed by atoms with E-state index in [-0.39, 0.29) is 28.0 Å². The quantitative estimate of drug-likeness (QED) is 0.193. The van der Waals surface area contributed by atoms with Gasteiger partial charge in [-0.15, -0.1) is 0 Å². The van der Waals surface area contributed by atoms with Crippen molar-refractivity contribution in [2.75, 3.05) is 0 Å². The fraction of sp³-hybridized carbons (Fsp3) is 0.320. The Kier molecular flexibility index (Phi) is 9.12. The molecule has 0 aliphatic heterocycles. The molecular weight excluding hydrogens is 659 g/mol. The van der Waals surface area contributed by atoms with Crippen molar-refractivity contribution in [1.82, 2.24) is 14.5 Å². The first-order valence-electron chi connectivity index (χ1n) is 19.3. The Morgan fingerprint density at radius 3 is 1.76 bits per heavy atom. The molecule has 7 aromatic rings. The van der Waals surface area contributed by atoms with E-state index in [1.165, 1.54) is 16.7 Å². The molecule has 0 spiro atoms. The van der Waals surface area contributed by atoms with Crippen LogP contribution in [-0.2, 0) is 16.2 Å². The Hall–Kier alpha value is -5.22. The van der Waals surface area contributed by atoms with Gasteiger partial charge in [0.2, 0.25) is 0 Å². The number of hydrogen-bond acceptors (Lipinski definition) is 3. The first-order valence-corrected chi connectivity index (χ1v) is 19.3. The number of aromatic hydroxyl groups is 1. The van der Waals surface area contributed by atoms with Crippen LogP contribution in [0.5, 0.6) is 5.75 Å². The number of phenolic OH excluding ortho intramolecular Hbond substituents is 1. The predicted octanol–water partition coefficient (Wildman–Crippen LogP) is 13.7. The third kappa shape index (κ3) is 6.95. The van der Waals surface area contributed by atoms with Crippen LogP contribution >= 0.6 is 0 Å². The van der Waals surface area contributed by atoms with Gasteiger partial charge in [-0.1, -0.05) is 111 Å². The predicted molar refractivity (Wildman–Crippen MR) is 230 cm³/mol. The minimum atomic E-state index is -0.0873. The number of fused-ring (bicyclic) bond motifs is 2. The number of phenols is 1. The molecule has 0 amide bonds. The zero-order valence-corrected chi connectivity index (χ0v) is 34.2. The fourth-order valence-corrected chi connectivity index (χ4v) is 7.58. The van der Waals surface area contributed by atoms with E-state index in [2.05, 4.69) is 167 Å². The van der Waals surface area contributed by atoms with Crippen LogP contribution in [0.2, 0.25) is 0 Å². The molecule has 2 aromatic heterocycles. The van der Waals surface area contributed by atoms with E-state index >= 15 is 0 Å². The molecule has 0 aliphatic rings. The maximum atomic E-state index is 11.4. The lowest BCUT2D eigenvalue weighted by Gasteiger charge is -2.22. The van der Waals surface area contributed by atoms with Crippen LogP contribution in [0.3, 0.4) is 0 Å². The molecule has 0 fully saturated rings. The summed E-state index contributed by atoms with van der Waals surface area (Å²) in [4.78, 5) is 10.4. The third-order valence-corrected chi connectivity index (χ3v) is 10.8. The van der Waals surface area contributed by atoms with Crippen LogP contribution in [0.15, 0.2) is 103 Å². The molecule has 0 saturated heterocycles. The molecule has 4 nitrogen and oxygen atoms in total. The summed E-state index contributed by atoms with van der Waals surface area (Å²) in [5.41, 5.74) is 15.3. The van der Waals surface area contributed by atoms with E-state index in [1.807, 2.05) is 24.4 Å². The lowest BCUT2D eigenvalue weighted by molar-refractivity contribution is 0.474. The van der Waals surface area contributed by atoms with Crippen LogP contribution in [-0.4, -0.2) is 19.6 Å². The number of aromatic nitrogens is 3. The lowest BCUT2D eigenvalue weighted by atomic mass is 9.83. The van der Waals surface area contributed by atoms with Crippen molar-refractivity contribution < 1.29 is 5.11 Å². The van der Waals surface area contributed by atoms with E-state index < -0.39 is 0 Å². The number of rotatable bonds is 5. The second kappa shape index (κ2) is 13.3. The molecule has 1 N–H and O–H groups in total. The summed E-state index contributed by atoms with van der Waals surface area (Å²) < 4.78 is 2.30. The number of hydrogen-bond donors (Lipinski definition) is 1. The highest BCUT2D eigenvalue weighted by atomic mass is 16.3. The van der Waals surface area contributed by atoms with Crippen LogP contribution in [0.1, 0.15) is 104 Å². The summed E-state index contributed by atoms with van der Waals surface area (Å²) in [5.74, 6) is 1.00. The van der Waals surface area contributed by atoms with Gasteiger partial charge in [0.05, 0.1) is 22.1 Å². The number of aryl methyl sites for hydroxylation is 1. The highest BCUT2D eigenvalue weighted by molar-refractivity contribution is 6.00. The van der Waals surface area contributed by atoms with Gasteiger partial charge in [0, 0.05) is 28.8 Å². The Labute approximate surface area is 322 Å². The van der Waals surface area contributed by atoms with Crippen molar-refractivity contribution in [3.05, 3.63) is 126 Å². The number of imidazole rings is 1. The standard InChI is InChI=1S/C50H55N3O/c1-30(2)53-43-27-34(32-15-17-37(18-16-32)48(4,5)6)26-40(46(43)52-47(53)42-28-38(49(7,8)9)19-20-44(42)54)35-22-31(3)23-36(24-35)41-29-39(50(10,11)12)25-33-14-13-21-51-45(33)41/h13-30,54H,1-12H3. The van der Waals surface area contributed by atoms with Gasteiger partial charge in [0.1, 0.15) is 11.6 Å². The highest BCUT2D eigenvalue weighted by Gasteiger charge is 2.25. The zero-order chi connectivity index (χ0) is 38.9. The van der Waals surface area contributed by atoms with Gasteiger partial charge >= 0.3 is 0 Å². The first-order chi connectivity index (χ1) is 25.3. The Bertz CT molecular complexity index is 2530. The Morgan fingerprint density at radius 1 is 0.556 bits per heavy atom. The van der Waals surface area contributed by atoms with Gasteiger partial charge in [-0.25, -0.2) is 4.98 Å². The van der Waals surface area contributed by atoms with Crippen molar-refractivity contribution >= 4 is 21.9 Å². The number of benzene rings is 5. The summed E-state index contributed by atoms with van der Waals surface area (Å²) in [7, 11) is 0. The van der Waals surface area contributed by atoms with Gasteiger partial charge in [-0.05, 0) is 130 Å². The molecule has 0 unspecified atom stereocenters. The van der Waals surface area contributed by atoms with Crippen LogP contribution in [0.4, 0.5) is 0 Å². The summed E-state index contributed by atoms with van der Waals surface area (Å²) >= 11 is 0. The average molecular weight is 714 g/mol. The fourth-order valence-electron chi connectivity index (χ4n) is 7.58. The normalized spacial score (nSPS) is 12.7. The number of pyridine rings is 1. The SMILES string of the molecule is Cc1cc(-c2cc(C(C)(C)C)cc3cccnc23)cc(-c2cc(-c3ccc(C(C)(C)C)cc3)cc3c2nc(-c2cc(C(C)(C)C)ccc2O)n3C(C)C)c1. The van der Waals surface area contributed by atoms with Crippen LogP contribution < -0.4 is 0 Å². The second-order valence-corrected chi connectivity index (χ2v) is 18.5. The summed E-state index contributed by atoms with van der Waals surface area (Å²) in [6.45, 7) is 26.8. The van der Waals surface area contributed by atoms with Crippen LogP contribution in [0, 0.1) is 6.92 Å². The van der Waals surface area contributed by atoms with Crippen molar-refractivity contribution in [2.24, 2.45) is 0 Å². The smallest absolute Gasteiger partial charge is 0.145 e. The summed E-state index contributed by atoms with van der Waals surface area (Å²) in [5, 5.41) is 12.5. The van der Waals surface area contributed by atoms with E-state index in [4.69, 9.17) is 9.97 Å². The Morgan fingerprint density at radius 2 is 1.15 bits per heavy atom. The third-order valence-electron chi connectivity index (χ3n) is 10.8. The van der Waals surface area contributed by atoms with Gasteiger partial charge in [-0.2, -0.15) is 0 Å². The maximum absolute atomic E-state index is 11.4. The molecule has 54 heavy (non-hydrogen) atoms. The van der Waals surface area contributed by atoms with Gasteiger partial charge < -0.3 is 9.67 Å². The maximum Gasteiger partial charge on any atom is 0.145 e. The van der Waals surface area contributed by atoms with Crippen molar-refractivity contribution in [2.45, 2.75) is 105 Å². The molecule has 0 atom stereocenters. The average Bonchev–Trinajstić information content (AvgIpc) is 3.49. The van der Waals surface area contributed by atoms with E-state index in [1.54, 1.807) is 0 Å². The van der Waals surface area contributed by atoms with Crippen LogP contribution in [0.25, 0.3) is 66.7 Å². The molecule has 0 bridgehead atoms. The zero-order valence-electron chi connectivity index (χ0n) is 34.2. The van der Waals surface area contributed by atoms with Gasteiger partial charge in [0.25, 0.3) is 0 Å². The number of nitrogens with zero attached hydrogens (tertiary/aromatic N) is 3. The molecule has 0 aliphatic carbocycles. The molecule has 0 radical (unpaired) electrons. The minimum Gasteiger partial charge on any atom is -0.507 e. The van der Waals surface area contributed by atoms with Crippen molar-refractivity contribution in [3.8, 4) is 50.5 Å². The van der Waals surface area contributed by atoms with Gasteiger partial charge in [0.15, 0.2) is 0 Å². The van der Waals surface area contributed by atoms with E-state index in [0.29, 0.717) is 0 Å². The molecule has 2 heterocycles. The van der Waals surface area contributed by atoms with E-state index in [9.17, 15) is 5.11 Å². The molecule has 7 rings (SSSR count). The minimum absolute atomic E-state index is 0.0234.